The first-order valence-electron chi connectivity index (χ1n) is 15.8. The Morgan fingerprint density at radius 1 is 0.889 bits per heavy atom. The molecule has 4 aliphatic rings. The molecule has 3 saturated carbocycles. The Morgan fingerprint density at radius 2 is 1.50 bits per heavy atom. The van der Waals surface area contributed by atoms with Gasteiger partial charge in [0.15, 0.2) is 0 Å². The van der Waals surface area contributed by atoms with Crippen LogP contribution in [0.15, 0.2) is 21.8 Å². The molecule has 2 nitrogen and oxygen atoms in total. The number of hydrogen-bond acceptors (Lipinski definition) is 2. The van der Waals surface area contributed by atoms with Crippen LogP contribution in [0.5, 0.6) is 0 Å². The fourth-order valence-electron chi connectivity index (χ4n) is 9.41. The average Bonchev–Trinajstić information content (AvgIpc) is 3.14. The van der Waals surface area contributed by atoms with Crippen LogP contribution in [0.4, 0.5) is 0 Å². The topological polar surface area (TPSA) is 37.3 Å². The Kier molecular flexibility index (Phi) is 9.29. The van der Waals surface area contributed by atoms with E-state index in [9.17, 15) is 9.90 Å². The molecule has 0 aromatic carbocycles. The Morgan fingerprint density at radius 3 is 2.11 bits per heavy atom. The molecule has 0 amide bonds. The molecule has 3 fully saturated rings. The zero-order valence-corrected chi connectivity index (χ0v) is 27.2. The van der Waals surface area contributed by atoms with E-state index in [1.807, 2.05) is 6.08 Å². The molecular weight excluding hydrogens is 547 g/mol. The first-order valence-corrected chi connectivity index (χ1v) is 23.5. The van der Waals surface area contributed by atoms with Crippen LogP contribution < -0.4 is 0 Å². The van der Waals surface area contributed by atoms with E-state index in [1.165, 1.54) is 76.7 Å². The van der Waals surface area contributed by atoms with E-state index in [4.69, 9.17) is 0 Å². The molecule has 0 aromatic heterocycles. The van der Waals surface area contributed by atoms with Crippen molar-refractivity contribution in [2.24, 2.45) is 28.6 Å². The molecule has 0 bridgehead atoms. The van der Waals surface area contributed by atoms with Crippen LogP contribution in [0.2, 0.25) is 13.3 Å². The summed E-state index contributed by atoms with van der Waals surface area (Å²) in [6.07, 6.45) is 21.2. The second kappa shape index (κ2) is 11.6. The number of rotatable bonds is 11. The van der Waals surface area contributed by atoms with Gasteiger partial charge in [-0.05, 0) is 0 Å². The number of unbranched alkanes of at least 4 members (excludes halogenated alkanes) is 3. The van der Waals surface area contributed by atoms with Gasteiger partial charge in [0, 0.05) is 0 Å². The number of aliphatic hydroxyl groups is 1. The van der Waals surface area contributed by atoms with Gasteiger partial charge in [-0.2, -0.15) is 0 Å². The number of allylic oxidation sites excluding steroid dienone is 1. The van der Waals surface area contributed by atoms with Gasteiger partial charge < -0.3 is 0 Å². The van der Waals surface area contributed by atoms with Gasteiger partial charge in [-0.15, -0.1) is 0 Å². The fourth-order valence-corrected chi connectivity index (χ4v) is 23.8. The molecule has 36 heavy (non-hydrogen) atoms. The summed E-state index contributed by atoms with van der Waals surface area (Å²) < 4.78 is 7.20. The standard InChI is InChI=1S/C21H29O2.3C4H9.Sn/c1-4-21(23)12-9-18-16-6-5-14-13-15(22)7-10-19(14,2)17(16)8-11-20(18,21)3;3*1-3-4-2;/h1,4,13,16-18,23H,5-12H2,2-3H3;3*1,3-4H2,2H3;/t16-,17-,18+,19+,20+,21?;;;;/m1..../s1. The summed E-state index contributed by atoms with van der Waals surface area (Å²) in [5, 5.41) is 12.4. The summed E-state index contributed by atoms with van der Waals surface area (Å²) in [6.45, 7) is 12.0. The van der Waals surface area contributed by atoms with E-state index >= 15 is 0 Å². The molecule has 0 spiro atoms. The van der Waals surface area contributed by atoms with Crippen molar-refractivity contribution in [3.8, 4) is 0 Å². The van der Waals surface area contributed by atoms with E-state index in [2.05, 4.69) is 44.8 Å². The second-order valence-electron chi connectivity index (χ2n) is 13.9. The number of fused-ring (bicyclic) bond motifs is 5. The van der Waals surface area contributed by atoms with Crippen molar-refractivity contribution >= 4 is 24.2 Å². The predicted octanol–water partition coefficient (Wildman–Crippen LogP) is 9.19. The van der Waals surface area contributed by atoms with Crippen LogP contribution in [0.3, 0.4) is 0 Å². The van der Waals surface area contributed by atoms with Crippen molar-refractivity contribution in [3.63, 3.8) is 0 Å². The normalized spacial score (nSPS) is 38.6. The summed E-state index contributed by atoms with van der Waals surface area (Å²) in [5.41, 5.74) is 1.08. The third-order valence-corrected chi connectivity index (χ3v) is 26.0. The van der Waals surface area contributed by atoms with Crippen LogP contribution in [0.25, 0.3) is 0 Å². The van der Waals surface area contributed by atoms with E-state index in [1.54, 1.807) is 0 Å². The number of hydrogen-bond donors (Lipinski definition) is 1. The summed E-state index contributed by atoms with van der Waals surface area (Å²) >= 11 is -2.43. The van der Waals surface area contributed by atoms with E-state index < -0.39 is 24.0 Å². The zero-order valence-electron chi connectivity index (χ0n) is 24.3. The van der Waals surface area contributed by atoms with Gasteiger partial charge in [0.05, 0.1) is 0 Å². The molecule has 0 aromatic rings. The summed E-state index contributed by atoms with van der Waals surface area (Å²) in [6, 6.07) is 0. The first kappa shape index (κ1) is 28.9. The first-order chi connectivity index (χ1) is 17.2. The molecule has 1 unspecified atom stereocenters. The molecule has 4 rings (SSSR count). The number of carbonyl (C=O) groups excluding carboxylic acids is 1. The quantitative estimate of drug-likeness (QED) is 0.239. The van der Waals surface area contributed by atoms with E-state index in [-0.39, 0.29) is 10.8 Å². The van der Waals surface area contributed by atoms with Gasteiger partial charge >= 0.3 is 228 Å². The SMILES string of the molecule is CCC[CH2][Sn]([CH]=CC1(O)CC[C@H]2[C@@H]3CCC4=CC(=O)CC[C@]4(C)[C@@H]3CC[C@@]21C)([CH2]CCC)[CH2]CCC. The second-order valence-corrected chi connectivity index (χ2v) is 26.9. The molecule has 204 valence electrons. The Balaban J connectivity index is 1.58. The van der Waals surface area contributed by atoms with Gasteiger partial charge in [0.1, 0.15) is 0 Å². The monoisotopic (exact) mass is 604 g/mol. The van der Waals surface area contributed by atoms with Crippen molar-refractivity contribution in [3.05, 3.63) is 21.8 Å². The molecule has 0 saturated heterocycles. The minimum absolute atomic E-state index is 0.0185. The average molecular weight is 604 g/mol. The molecule has 3 heteroatoms. The van der Waals surface area contributed by atoms with Crippen LogP contribution in [0.1, 0.15) is 125 Å². The maximum atomic E-state index is 12.4. The minimum atomic E-state index is -2.43. The zero-order chi connectivity index (χ0) is 26.0. The van der Waals surface area contributed by atoms with Crippen LogP contribution in [-0.4, -0.2) is 34.9 Å². The van der Waals surface area contributed by atoms with E-state index in [0.717, 1.165) is 38.0 Å². The maximum absolute atomic E-state index is 12.4. The Bertz CT molecular complexity index is 823. The van der Waals surface area contributed by atoms with Crippen molar-refractivity contribution in [1.29, 1.82) is 0 Å². The van der Waals surface area contributed by atoms with Crippen molar-refractivity contribution in [1.82, 2.24) is 0 Å². The van der Waals surface area contributed by atoms with Crippen LogP contribution in [-0.2, 0) is 4.79 Å². The predicted molar refractivity (Wildman–Crippen MR) is 156 cm³/mol. The molecule has 0 aliphatic heterocycles. The van der Waals surface area contributed by atoms with Crippen LogP contribution in [0, 0.1) is 28.6 Å². The summed E-state index contributed by atoms with van der Waals surface area (Å²) in [4.78, 5) is 12.2. The molecule has 0 heterocycles. The molecule has 6 atom stereocenters. The molecule has 1 N–H and O–H groups in total. The van der Waals surface area contributed by atoms with E-state index in [0.29, 0.717) is 17.6 Å². The molecule has 4 aliphatic carbocycles. The van der Waals surface area contributed by atoms with Gasteiger partial charge in [0.2, 0.25) is 0 Å². The van der Waals surface area contributed by atoms with Gasteiger partial charge in [-0.1, -0.05) is 0 Å². The third kappa shape index (κ3) is 5.22. The Labute approximate surface area is 227 Å². The van der Waals surface area contributed by atoms with Gasteiger partial charge in [0.25, 0.3) is 0 Å². The fraction of sp³-hybridized carbons (Fsp3) is 0.848. The van der Waals surface area contributed by atoms with Gasteiger partial charge in [-0.3, -0.25) is 0 Å². The number of ketones is 1. The summed E-state index contributed by atoms with van der Waals surface area (Å²) in [5.74, 6) is 2.40. The van der Waals surface area contributed by atoms with Gasteiger partial charge in [-0.25, -0.2) is 0 Å². The number of carbonyl (C=O) groups is 1. The molecular formula is C33H56O2Sn. The summed E-state index contributed by atoms with van der Waals surface area (Å²) in [7, 11) is 0. The third-order valence-electron chi connectivity index (χ3n) is 12.0. The van der Waals surface area contributed by atoms with Crippen molar-refractivity contribution in [2.75, 3.05) is 0 Å². The van der Waals surface area contributed by atoms with Crippen molar-refractivity contribution < 1.29 is 9.90 Å². The Hall–Kier alpha value is -0.0913. The molecule has 0 radical (unpaired) electrons. The van der Waals surface area contributed by atoms with Crippen LogP contribution >= 0.6 is 0 Å². The van der Waals surface area contributed by atoms with Crippen molar-refractivity contribution in [2.45, 2.75) is 143 Å².